The van der Waals surface area contributed by atoms with Crippen LogP contribution in [0.15, 0.2) is 84.9 Å². The smallest absolute Gasteiger partial charge is 0.269 e. The van der Waals surface area contributed by atoms with Crippen molar-refractivity contribution >= 4 is 47.2 Å². The molecule has 8 nitrogen and oxygen atoms in total. The summed E-state index contributed by atoms with van der Waals surface area (Å²) in [4.78, 5) is 50.5. The van der Waals surface area contributed by atoms with Crippen molar-refractivity contribution in [3.8, 4) is 0 Å². The number of thioether (sulfide) groups is 2. The lowest BCUT2D eigenvalue weighted by Crippen LogP contribution is -2.45. The summed E-state index contributed by atoms with van der Waals surface area (Å²) in [5.41, 5.74) is 7.85. The van der Waals surface area contributed by atoms with E-state index in [2.05, 4.69) is 10.9 Å². The number of nitrogens with one attached hydrogen (secondary N) is 2. The summed E-state index contributed by atoms with van der Waals surface area (Å²) in [6, 6.07) is 25.1. The first kappa shape index (κ1) is 24.0. The Labute approximate surface area is 216 Å². The molecule has 2 aliphatic heterocycles. The van der Waals surface area contributed by atoms with Crippen molar-refractivity contribution in [2.24, 2.45) is 0 Å². The largest absolute Gasteiger partial charge is 0.272 e. The average Bonchev–Trinajstić information content (AvgIpc) is 3.47. The zero-order valence-corrected chi connectivity index (χ0v) is 20.6. The molecule has 2 heterocycles. The van der Waals surface area contributed by atoms with E-state index in [9.17, 15) is 19.2 Å². The molecule has 0 aromatic heterocycles. The van der Waals surface area contributed by atoms with E-state index in [1.54, 1.807) is 0 Å². The SMILES string of the molecule is O=C(NN1C(=O)CSC1c1ccccc1)c1ccc(C(=O)NN2C(=O)CSC2c2ccccc2)cc1. The van der Waals surface area contributed by atoms with E-state index < -0.39 is 11.8 Å². The van der Waals surface area contributed by atoms with Gasteiger partial charge in [-0.05, 0) is 35.4 Å². The molecular weight excluding hydrogens is 496 g/mol. The number of rotatable bonds is 6. The Balaban J connectivity index is 1.25. The highest BCUT2D eigenvalue weighted by Crippen LogP contribution is 2.38. The van der Waals surface area contributed by atoms with Crippen molar-refractivity contribution < 1.29 is 19.2 Å². The molecule has 2 atom stereocenters. The summed E-state index contributed by atoms with van der Waals surface area (Å²) in [5, 5.41) is 2.09. The Kier molecular flexibility index (Phi) is 6.97. The van der Waals surface area contributed by atoms with E-state index in [0.717, 1.165) is 11.1 Å². The molecule has 10 heteroatoms. The number of hydrogen-bond donors (Lipinski definition) is 2. The van der Waals surface area contributed by atoms with Crippen LogP contribution in [0.25, 0.3) is 0 Å². The maximum atomic E-state index is 12.9. The van der Waals surface area contributed by atoms with Crippen molar-refractivity contribution in [1.82, 2.24) is 20.9 Å². The zero-order chi connectivity index (χ0) is 25.1. The first-order valence-corrected chi connectivity index (χ1v) is 13.3. The molecule has 2 fully saturated rings. The summed E-state index contributed by atoms with van der Waals surface area (Å²) in [5.74, 6) is -0.714. The van der Waals surface area contributed by atoms with Gasteiger partial charge in [0.25, 0.3) is 23.6 Å². The van der Waals surface area contributed by atoms with Crippen LogP contribution in [0.2, 0.25) is 0 Å². The summed E-state index contributed by atoms with van der Waals surface area (Å²) < 4.78 is 0. The van der Waals surface area contributed by atoms with Crippen molar-refractivity contribution in [1.29, 1.82) is 0 Å². The van der Waals surface area contributed by atoms with Gasteiger partial charge in [0.15, 0.2) is 0 Å². The van der Waals surface area contributed by atoms with Gasteiger partial charge in [-0.3, -0.25) is 30.0 Å². The number of hydrogen-bond acceptors (Lipinski definition) is 6. The minimum Gasteiger partial charge on any atom is -0.272 e. The Bertz CT molecular complexity index is 1190. The van der Waals surface area contributed by atoms with Gasteiger partial charge in [-0.2, -0.15) is 0 Å². The van der Waals surface area contributed by atoms with Crippen LogP contribution in [0.5, 0.6) is 0 Å². The summed E-state index contributed by atoms with van der Waals surface area (Å²) >= 11 is 2.89. The van der Waals surface area contributed by atoms with E-state index in [4.69, 9.17) is 0 Å². The van der Waals surface area contributed by atoms with Gasteiger partial charge in [0, 0.05) is 11.1 Å². The maximum absolute atomic E-state index is 12.9. The minimum absolute atomic E-state index is 0.181. The minimum atomic E-state index is -0.450. The summed E-state index contributed by atoms with van der Waals surface area (Å²) in [6.07, 6.45) is 0. The Morgan fingerprint density at radius 3 is 1.33 bits per heavy atom. The predicted molar refractivity (Wildman–Crippen MR) is 138 cm³/mol. The van der Waals surface area contributed by atoms with E-state index in [0.29, 0.717) is 11.1 Å². The number of carbonyl (C=O) groups is 4. The Morgan fingerprint density at radius 2 is 0.972 bits per heavy atom. The predicted octanol–water partition coefficient (Wildman–Crippen LogP) is 3.52. The lowest BCUT2D eigenvalue weighted by atomic mass is 10.1. The van der Waals surface area contributed by atoms with E-state index in [1.807, 2.05) is 60.7 Å². The molecule has 5 rings (SSSR count). The van der Waals surface area contributed by atoms with Crippen LogP contribution in [0, 0.1) is 0 Å². The van der Waals surface area contributed by atoms with Crippen molar-refractivity contribution in [3.05, 3.63) is 107 Å². The van der Waals surface area contributed by atoms with Gasteiger partial charge in [-0.25, -0.2) is 10.0 Å². The van der Waals surface area contributed by atoms with Gasteiger partial charge >= 0.3 is 0 Å². The van der Waals surface area contributed by atoms with Crippen molar-refractivity contribution in [2.45, 2.75) is 10.7 Å². The number of carbonyl (C=O) groups excluding carboxylic acids is 4. The Morgan fingerprint density at radius 1 is 0.611 bits per heavy atom. The number of nitrogens with zero attached hydrogens (tertiary/aromatic N) is 2. The second-order valence-corrected chi connectivity index (χ2v) is 10.3. The van der Waals surface area contributed by atoms with Crippen LogP contribution in [-0.2, 0) is 9.59 Å². The molecule has 2 N–H and O–H groups in total. The maximum Gasteiger partial charge on any atom is 0.269 e. The normalized spacial score (nSPS) is 19.4. The molecule has 0 spiro atoms. The molecule has 2 saturated heterocycles. The Hall–Kier alpha value is -3.76. The highest BCUT2D eigenvalue weighted by Gasteiger charge is 2.35. The monoisotopic (exact) mass is 518 g/mol. The molecule has 4 amide bonds. The number of benzene rings is 3. The second-order valence-electron chi connectivity index (χ2n) is 8.13. The molecule has 0 bridgehead atoms. The topological polar surface area (TPSA) is 98.8 Å². The number of amides is 4. The fourth-order valence-corrected chi connectivity index (χ4v) is 6.16. The van der Waals surface area contributed by atoms with Crippen molar-refractivity contribution in [2.75, 3.05) is 11.5 Å². The first-order chi connectivity index (χ1) is 17.5. The molecule has 3 aromatic rings. The van der Waals surface area contributed by atoms with E-state index in [-0.39, 0.29) is 34.1 Å². The highest BCUT2D eigenvalue weighted by molar-refractivity contribution is 8.00. The van der Waals surface area contributed by atoms with Gasteiger partial charge in [-0.15, -0.1) is 23.5 Å². The molecule has 0 saturated carbocycles. The molecule has 0 radical (unpaired) electrons. The molecule has 3 aromatic carbocycles. The molecule has 2 unspecified atom stereocenters. The first-order valence-electron chi connectivity index (χ1n) is 11.2. The summed E-state index contributed by atoms with van der Waals surface area (Å²) in [7, 11) is 0. The van der Waals surface area contributed by atoms with Gasteiger partial charge in [0.1, 0.15) is 10.7 Å². The fraction of sp³-hybridized carbons (Fsp3) is 0.154. The third kappa shape index (κ3) is 4.95. The number of hydrazine groups is 2. The van der Waals surface area contributed by atoms with Gasteiger partial charge < -0.3 is 0 Å². The van der Waals surface area contributed by atoms with Gasteiger partial charge in [0.2, 0.25) is 0 Å². The van der Waals surface area contributed by atoms with Gasteiger partial charge in [-0.1, -0.05) is 60.7 Å². The summed E-state index contributed by atoms with van der Waals surface area (Å²) in [6.45, 7) is 0. The average molecular weight is 519 g/mol. The van der Waals surface area contributed by atoms with E-state index >= 15 is 0 Å². The molecule has 0 aliphatic carbocycles. The molecule has 182 valence electrons. The quantitative estimate of drug-likeness (QED) is 0.518. The third-order valence-corrected chi connectivity index (χ3v) is 8.18. The highest BCUT2D eigenvalue weighted by atomic mass is 32.2. The van der Waals surface area contributed by atoms with Crippen LogP contribution in [0.3, 0.4) is 0 Å². The van der Waals surface area contributed by atoms with Crippen molar-refractivity contribution in [3.63, 3.8) is 0 Å². The van der Waals surface area contributed by atoms with Gasteiger partial charge in [0.05, 0.1) is 11.5 Å². The fourth-order valence-electron chi connectivity index (χ4n) is 3.94. The van der Waals surface area contributed by atoms with Crippen LogP contribution >= 0.6 is 23.5 Å². The lowest BCUT2D eigenvalue weighted by Gasteiger charge is -2.25. The molecule has 36 heavy (non-hydrogen) atoms. The van der Waals surface area contributed by atoms with Crippen LogP contribution < -0.4 is 10.9 Å². The lowest BCUT2D eigenvalue weighted by molar-refractivity contribution is -0.131. The van der Waals surface area contributed by atoms with Crippen LogP contribution in [0.1, 0.15) is 42.6 Å². The second kappa shape index (κ2) is 10.5. The zero-order valence-electron chi connectivity index (χ0n) is 19.0. The molecule has 2 aliphatic rings. The molecular formula is C26H22N4O4S2. The van der Waals surface area contributed by atoms with Crippen LogP contribution in [-0.4, -0.2) is 45.2 Å². The van der Waals surface area contributed by atoms with E-state index in [1.165, 1.54) is 57.8 Å². The standard InChI is InChI=1S/C26H22N4O4S2/c31-21-15-35-25(19-7-3-1-4-8-19)29(21)27-23(33)17-11-13-18(14-12-17)24(34)28-30-22(32)16-36-26(30)20-9-5-2-6-10-20/h1-14,25-26H,15-16H2,(H,27,33)(H,28,34). The van der Waals surface area contributed by atoms with Crippen LogP contribution in [0.4, 0.5) is 0 Å². The third-order valence-electron chi connectivity index (χ3n) is 5.76.